The number of nitrogens with two attached hydrogens (primary N) is 1. The highest BCUT2D eigenvalue weighted by molar-refractivity contribution is 7.91. The third-order valence-electron chi connectivity index (χ3n) is 3.38. The molecule has 1 saturated heterocycles. The lowest BCUT2D eigenvalue weighted by Gasteiger charge is -2.34. The Morgan fingerprint density at radius 2 is 2.00 bits per heavy atom. The SMILES string of the molecule is CC1CS(=O)(=O)CCN1C(=O)[C@@H](N)c1ccccc1. The Hall–Kier alpha value is -1.40. The average Bonchev–Trinajstić information content (AvgIpc) is 2.37. The number of nitrogens with zero attached hydrogens (tertiary/aromatic N) is 1. The number of hydrogen-bond acceptors (Lipinski definition) is 4. The van der Waals surface area contributed by atoms with Gasteiger partial charge in [-0.2, -0.15) is 0 Å². The summed E-state index contributed by atoms with van der Waals surface area (Å²) >= 11 is 0. The lowest BCUT2D eigenvalue weighted by atomic mass is 10.1. The van der Waals surface area contributed by atoms with Crippen LogP contribution in [0, 0.1) is 0 Å². The number of hydrogen-bond donors (Lipinski definition) is 1. The van der Waals surface area contributed by atoms with Crippen LogP contribution in [0.5, 0.6) is 0 Å². The van der Waals surface area contributed by atoms with Gasteiger partial charge in [-0.1, -0.05) is 30.3 Å². The molecule has 0 spiro atoms. The van der Waals surface area contributed by atoms with Crippen LogP contribution in [0.15, 0.2) is 30.3 Å². The fourth-order valence-electron chi connectivity index (χ4n) is 2.31. The van der Waals surface area contributed by atoms with E-state index in [0.29, 0.717) is 0 Å². The van der Waals surface area contributed by atoms with E-state index >= 15 is 0 Å². The second-order valence-corrected chi connectivity index (χ2v) is 7.11. The van der Waals surface area contributed by atoms with Crippen molar-refractivity contribution in [2.45, 2.75) is 19.0 Å². The fraction of sp³-hybridized carbons (Fsp3) is 0.462. The van der Waals surface area contributed by atoms with Crippen molar-refractivity contribution in [2.75, 3.05) is 18.1 Å². The minimum absolute atomic E-state index is 0.0141. The summed E-state index contributed by atoms with van der Waals surface area (Å²) in [4.78, 5) is 13.9. The monoisotopic (exact) mass is 282 g/mol. The van der Waals surface area contributed by atoms with Crippen molar-refractivity contribution in [1.29, 1.82) is 0 Å². The van der Waals surface area contributed by atoms with E-state index in [0.717, 1.165) is 5.56 Å². The van der Waals surface area contributed by atoms with Gasteiger partial charge in [-0.25, -0.2) is 8.42 Å². The maximum Gasteiger partial charge on any atom is 0.244 e. The summed E-state index contributed by atoms with van der Waals surface area (Å²) in [5.41, 5.74) is 6.70. The number of carbonyl (C=O) groups is 1. The molecule has 0 saturated carbocycles. The summed E-state index contributed by atoms with van der Waals surface area (Å²) < 4.78 is 23.0. The molecule has 5 nitrogen and oxygen atoms in total. The Morgan fingerprint density at radius 3 is 2.58 bits per heavy atom. The predicted octanol–water partition coefficient (Wildman–Crippen LogP) is 0.332. The lowest BCUT2D eigenvalue weighted by molar-refractivity contribution is -0.134. The summed E-state index contributed by atoms with van der Waals surface area (Å²) in [5.74, 6) is -0.182. The topological polar surface area (TPSA) is 80.5 Å². The van der Waals surface area contributed by atoms with Crippen molar-refractivity contribution in [3.05, 3.63) is 35.9 Å². The first-order valence-electron chi connectivity index (χ1n) is 6.22. The van der Waals surface area contributed by atoms with E-state index < -0.39 is 15.9 Å². The van der Waals surface area contributed by atoms with E-state index in [9.17, 15) is 13.2 Å². The van der Waals surface area contributed by atoms with Gasteiger partial charge in [-0.3, -0.25) is 4.79 Å². The second-order valence-electron chi connectivity index (χ2n) is 4.88. The molecular formula is C13H18N2O3S. The van der Waals surface area contributed by atoms with Crippen LogP contribution in [0.2, 0.25) is 0 Å². The number of amides is 1. The van der Waals surface area contributed by atoms with E-state index in [-0.39, 0.29) is 30.0 Å². The van der Waals surface area contributed by atoms with Crippen molar-refractivity contribution >= 4 is 15.7 Å². The standard InChI is InChI=1S/C13H18N2O3S/c1-10-9-19(17,18)8-7-15(10)13(16)12(14)11-5-3-2-4-6-11/h2-6,10,12H,7-9,14H2,1H3/t10?,12-/m0/s1. The normalized spacial score (nSPS) is 23.9. The second kappa shape index (κ2) is 5.30. The van der Waals surface area contributed by atoms with Crippen LogP contribution in [-0.4, -0.2) is 43.3 Å². The zero-order valence-electron chi connectivity index (χ0n) is 10.8. The molecule has 1 aromatic rings. The molecule has 1 unspecified atom stereocenters. The van der Waals surface area contributed by atoms with E-state index in [2.05, 4.69) is 0 Å². The Morgan fingerprint density at radius 1 is 1.37 bits per heavy atom. The van der Waals surface area contributed by atoms with Gasteiger partial charge in [0, 0.05) is 12.6 Å². The van der Waals surface area contributed by atoms with E-state index in [4.69, 9.17) is 5.73 Å². The van der Waals surface area contributed by atoms with Crippen LogP contribution >= 0.6 is 0 Å². The molecule has 2 rings (SSSR count). The van der Waals surface area contributed by atoms with Gasteiger partial charge >= 0.3 is 0 Å². The summed E-state index contributed by atoms with van der Waals surface area (Å²) in [5, 5.41) is 0. The smallest absolute Gasteiger partial charge is 0.244 e. The van der Waals surface area contributed by atoms with Gasteiger partial charge in [0.1, 0.15) is 6.04 Å². The van der Waals surface area contributed by atoms with E-state index in [1.165, 1.54) is 0 Å². The summed E-state index contributed by atoms with van der Waals surface area (Å²) in [6, 6.07) is 8.06. The van der Waals surface area contributed by atoms with Gasteiger partial charge < -0.3 is 10.6 Å². The van der Waals surface area contributed by atoms with Crippen LogP contribution in [-0.2, 0) is 14.6 Å². The van der Waals surface area contributed by atoms with Crippen molar-refractivity contribution in [3.8, 4) is 0 Å². The molecule has 19 heavy (non-hydrogen) atoms. The van der Waals surface area contributed by atoms with Crippen LogP contribution in [0.3, 0.4) is 0 Å². The fourth-order valence-corrected chi connectivity index (χ4v) is 3.86. The van der Waals surface area contributed by atoms with E-state index in [1.54, 1.807) is 24.0 Å². The van der Waals surface area contributed by atoms with Gasteiger partial charge in [-0.15, -0.1) is 0 Å². The van der Waals surface area contributed by atoms with Gasteiger partial charge in [0.25, 0.3) is 0 Å². The third kappa shape index (κ3) is 3.13. The Labute approximate surface area is 113 Å². The van der Waals surface area contributed by atoms with Crippen molar-refractivity contribution in [2.24, 2.45) is 5.73 Å². The maximum absolute atomic E-state index is 12.3. The summed E-state index contributed by atoms with van der Waals surface area (Å²) in [6.07, 6.45) is 0. The van der Waals surface area contributed by atoms with Gasteiger partial charge in [0.05, 0.1) is 11.5 Å². The number of benzene rings is 1. The zero-order valence-corrected chi connectivity index (χ0v) is 11.6. The number of carbonyl (C=O) groups excluding carboxylic acids is 1. The van der Waals surface area contributed by atoms with Crippen molar-refractivity contribution < 1.29 is 13.2 Å². The highest BCUT2D eigenvalue weighted by atomic mass is 32.2. The molecular weight excluding hydrogens is 264 g/mol. The first-order chi connectivity index (χ1) is 8.91. The van der Waals surface area contributed by atoms with Crippen molar-refractivity contribution in [3.63, 3.8) is 0 Å². The highest BCUT2D eigenvalue weighted by Gasteiger charge is 2.33. The van der Waals surface area contributed by atoms with Crippen LogP contribution in [0.1, 0.15) is 18.5 Å². The van der Waals surface area contributed by atoms with Crippen LogP contribution in [0.25, 0.3) is 0 Å². The summed E-state index contributed by atoms with van der Waals surface area (Å²) in [7, 11) is -3.02. The largest absolute Gasteiger partial charge is 0.336 e. The quantitative estimate of drug-likeness (QED) is 0.847. The molecule has 0 radical (unpaired) electrons. The third-order valence-corrected chi connectivity index (χ3v) is 5.17. The average molecular weight is 282 g/mol. The molecule has 104 valence electrons. The Bertz CT molecular complexity index is 557. The van der Waals surface area contributed by atoms with Crippen LogP contribution < -0.4 is 5.73 Å². The number of rotatable bonds is 2. The zero-order chi connectivity index (χ0) is 14.0. The molecule has 2 N–H and O–H groups in total. The highest BCUT2D eigenvalue weighted by Crippen LogP contribution is 2.18. The number of sulfone groups is 1. The van der Waals surface area contributed by atoms with Gasteiger partial charge in [0.15, 0.2) is 9.84 Å². The van der Waals surface area contributed by atoms with E-state index in [1.807, 2.05) is 18.2 Å². The van der Waals surface area contributed by atoms with Gasteiger partial charge in [0.2, 0.25) is 5.91 Å². The van der Waals surface area contributed by atoms with Gasteiger partial charge in [-0.05, 0) is 12.5 Å². The maximum atomic E-state index is 12.3. The molecule has 0 aliphatic carbocycles. The molecule has 1 amide bonds. The first-order valence-corrected chi connectivity index (χ1v) is 8.04. The molecule has 2 atom stereocenters. The van der Waals surface area contributed by atoms with Crippen LogP contribution in [0.4, 0.5) is 0 Å². The minimum Gasteiger partial charge on any atom is -0.336 e. The molecule has 1 heterocycles. The summed E-state index contributed by atoms with van der Waals surface area (Å²) in [6.45, 7) is 1.97. The predicted molar refractivity (Wildman–Crippen MR) is 73.2 cm³/mol. The molecule has 1 aliphatic heterocycles. The Balaban J connectivity index is 2.12. The molecule has 1 aromatic carbocycles. The van der Waals surface area contributed by atoms with Crippen molar-refractivity contribution in [1.82, 2.24) is 4.90 Å². The molecule has 6 heteroatoms. The molecule has 0 aromatic heterocycles. The molecule has 0 bridgehead atoms. The molecule has 1 fully saturated rings. The molecule has 1 aliphatic rings. The minimum atomic E-state index is -3.02. The first kappa shape index (κ1) is 14.0. The lowest BCUT2D eigenvalue weighted by Crippen LogP contribution is -2.52. The Kier molecular flexibility index (Phi) is 3.91.